The first kappa shape index (κ1) is 20.6. The number of ketones is 1. The fourth-order valence-electron chi connectivity index (χ4n) is 2.76. The molecule has 2 aromatic rings. The molecule has 0 radical (unpaired) electrons. The lowest BCUT2D eigenvalue weighted by Crippen LogP contribution is -2.32. The molecule has 0 aliphatic carbocycles. The van der Waals surface area contributed by atoms with Crippen LogP contribution in [0.5, 0.6) is 0 Å². The first-order chi connectivity index (χ1) is 13.2. The number of alkyl carbamates (subject to hydrolysis) is 1. The van der Waals surface area contributed by atoms with Gasteiger partial charge in [-0.05, 0) is 23.5 Å². The van der Waals surface area contributed by atoms with Gasteiger partial charge in [-0.3, -0.25) is 4.79 Å². The minimum absolute atomic E-state index is 0.00874. The number of ether oxygens (including phenoxy) is 1. The number of hydrogen-bond donors (Lipinski definition) is 2. The highest BCUT2D eigenvalue weighted by atomic mass is 16.5. The summed E-state index contributed by atoms with van der Waals surface area (Å²) in [4.78, 5) is 23.5. The molecule has 0 saturated carbocycles. The van der Waals surface area contributed by atoms with Gasteiger partial charge in [-0.2, -0.15) is 0 Å². The van der Waals surface area contributed by atoms with Crippen LogP contribution < -0.4 is 10.6 Å². The standard InChI is InChI=1S/C22H28N2O3/c1-2-19(20-11-7-4-8-12-20)15-23-14-13-21(25)16-24-22(26)27-17-18-9-5-3-6-10-18/h3-12,19,23H,2,13-17H2,1H3,(H,24,26)/t19-/m1/s1. The Hall–Kier alpha value is -2.66. The summed E-state index contributed by atoms with van der Waals surface area (Å²) in [6, 6.07) is 19.8. The van der Waals surface area contributed by atoms with E-state index in [0.717, 1.165) is 18.5 Å². The Morgan fingerprint density at radius 1 is 1.00 bits per heavy atom. The van der Waals surface area contributed by atoms with Gasteiger partial charge in [0.15, 0.2) is 5.78 Å². The lowest BCUT2D eigenvalue weighted by atomic mass is 9.96. The molecule has 1 amide bonds. The van der Waals surface area contributed by atoms with E-state index < -0.39 is 6.09 Å². The van der Waals surface area contributed by atoms with Crippen LogP contribution in [-0.2, 0) is 16.1 Å². The number of benzene rings is 2. The van der Waals surface area contributed by atoms with E-state index in [1.54, 1.807) is 0 Å². The molecule has 2 rings (SSSR count). The zero-order valence-corrected chi connectivity index (χ0v) is 15.8. The summed E-state index contributed by atoms with van der Waals surface area (Å²) in [7, 11) is 0. The molecule has 0 spiro atoms. The number of carbonyl (C=O) groups is 2. The van der Waals surface area contributed by atoms with E-state index in [4.69, 9.17) is 4.74 Å². The maximum absolute atomic E-state index is 11.9. The molecule has 0 saturated heterocycles. The topological polar surface area (TPSA) is 67.4 Å². The fourth-order valence-corrected chi connectivity index (χ4v) is 2.76. The summed E-state index contributed by atoms with van der Waals surface area (Å²) in [5.41, 5.74) is 2.22. The summed E-state index contributed by atoms with van der Waals surface area (Å²) in [5, 5.41) is 5.84. The Bertz CT molecular complexity index is 689. The average Bonchev–Trinajstić information content (AvgIpc) is 2.72. The van der Waals surface area contributed by atoms with Crippen molar-refractivity contribution >= 4 is 11.9 Å². The van der Waals surface area contributed by atoms with Crippen LogP contribution in [0.25, 0.3) is 0 Å². The van der Waals surface area contributed by atoms with E-state index in [-0.39, 0.29) is 18.9 Å². The number of rotatable bonds is 11. The predicted octanol–water partition coefficient (Wildman–Crippen LogP) is 3.66. The first-order valence-corrected chi connectivity index (χ1v) is 9.41. The van der Waals surface area contributed by atoms with E-state index in [9.17, 15) is 9.59 Å². The van der Waals surface area contributed by atoms with Crippen LogP contribution in [0.3, 0.4) is 0 Å². The van der Waals surface area contributed by atoms with Gasteiger partial charge in [0.2, 0.25) is 0 Å². The Balaban J connectivity index is 1.57. The van der Waals surface area contributed by atoms with Gasteiger partial charge in [0.05, 0.1) is 6.54 Å². The van der Waals surface area contributed by atoms with Crippen molar-refractivity contribution in [3.63, 3.8) is 0 Å². The minimum atomic E-state index is -0.574. The van der Waals surface area contributed by atoms with Crippen molar-refractivity contribution in [2.75, 3.05) is 19.6 Å². The van der Waals surface area contributed by atoms with E-state index in [0.29, 0.717) is 18.9 Å². The van der Waals surface area contributed by atoms with Crippen molar-refractivity contribution in [1.82, 2.24) is 10.6 Å². The highest BCUT2D eigenvalue weighted by Gasteiger charge is 2.10. The molecular weight excluding hydrogens is 340 g/mol. The molecule has 0 fully saturated rings. The normalized spacial score (nSPS) is 11.6. The second kappa shape index (κ2) is 11.9. The average molecular weight is 368 g/mol. The van der Waals surface area contributed by atoms with Crippen LogP contribution in [-0.4, -0.2) is 31.5 Å². The predicted molar refractivity (Wildman–Crippen MR) is 107 cm³/mol. The highest BCUT2D eigenvalue weighted by molar-refractivity contribution is 5.84. The van der Waals surface area contributed by atoms with Crippen molar-refractivity contribution in [2.45, 2.75) is 32.3 Å². The van der Waals surface area contributed by atoms with Gasteiger partial charge in [0.25, 0.3) is 0 Å². The van der Waals surface area contributed by atoms with E-state index in [2.05, 4.69) is 29.7 Å². The molecule has 144 valence electrons. The molecule has 0 aliphatic heterocycles. The van der Waals surface area contributed by atoms with Gasteiger partial charge in [0.1, 0.15) is 6.61 Å². The number of hydrogen-bond acceptors (Lipinski definition) is 4. The summed E-state index contributed by atoms with van der Waals surface area (Å²) >= 11 is 0. The van der Waals surface area contributed by atoms with Gasteiger partial charge in [0, 0.05) is 19.5 Å². The van der Waals surface area contributed by atoms with E-state index in [1.807, 2.05) is 48.5 Å². The molecule has 2 aromatic carbocycles. The maximum Gasteiger partial charge on any atom is 0.407 e. The largest absolute Gasteiger partial charge is 0.445 e. The zero-order chi connectivity index (χ0) is 19.3. The van der Waals surface area contributed by atoms with Crippen LogP contribution in [0, 0.1) is 0 Å². The summed E-state index contributed by atoms with van der Waals surface area (Å²) in [5.74, 6) is 0.416. The summed E-state index contributed by atoms with van der Waals surface area (Å²) < 4.78 is 5.08. The molecule has 5 heteroatoms. The van der Waals surface area contributed by atoms with Crippen molar-refractivity contribution in [2.24, 2.45) is 0 Å². The Morgan fingerprint density at radius 2 is 1.67 bits per heavy atom. The molecule has 0 aliphatic rings. The molecule has 0 heterocycles. The van der Waals surface area contributed by atoms with Crippen LogP contribution >= 0.6 is 0 Å². The van der Waals surface area contributed by atoms with Gasteiger partial charge >= 0.3 is 6.09 Å². The Labute approximate surface area is 161 Å². The number of carbonyl (C=O) groups excluding carboxylic acids is 2. The van der Waals surface area contributed by atoms with E-state index >= 15 is 0 Å². The Kier molecular flexibility index (Phi) is 9.07. The second-order valence-electron chi connectivity index (χ2n) is 6.42. The highest BCUT2D eigenvalue weighted by Crippen LogP contribution is 2.17. The van der Waals surface area contributed by atoms with Gasteiger partial charge < -0.3 is 15.4 Å². The van der Waals surface area contributed by atoms with Gasteiger partial charge in [-0.1, -0.05) is 67.6 Å². The molecule has 0 unspecified atom stereocenters. The first-order valence-electron chi connectivity index (χ1n) is 9.41. The third kappa shape index (κ3) is 8.05. The molecule has 27 heavy (non-hydrogen) atoms. The van der Waals surface area contributed by atoms with Gasteiger partial charge in [-0.25, -0.2) is 4.79 Å². The molecule has 0 aromatic heterocycles. The monoisotopic (exact) mass is 368 g/mol. The number of amides is 1. The zero-order valence-electron chi connectivity index (χ0n) is 15.8. The van der Waals surface area contributed by atoms with Crippen LogP contribution in [0.4, 0.5) is 4.79 Å². The van der Waals surface area contributed by atoms with E-state index in [1.165, 1.54) is 5.56 Å². The molecule has 5 nitrogen and oxygen atoms in total. The quantitative estimate of drug-likeness (QED) is 0.594. The summed E-state index contributed by atoms with van der Waals surface area (Å²) in [6.07, 6.45) is 0.847. The van der Waals surface area contributed by atoms with Crippen molar-refractivity contribution < 1.29 is 14.3 Å². The third-order valence-electron chi connectivity index (χ3n) is 4.38. The van der Waals surface area contributed by atoms with Crippen LogP contribution in [0.2, 0.25) is 0 Å². The van der Waals surface area contributed by atoms with Crippen LogP contribution in [0.15, 0.2) is 60.7 Å². The molecular formula is C22H28N2O3. The lowest BCUT2D eigenvalue weighted by Gasteiger charge is -2.16. The lowest BCUT2D eigenvalue weighted by molar-refractivity contribution is -0.118. The summed E-state index contributed by atoms with van der Waals surface area (Å²) in [6.45, 7) is 3.78. The maximum atomic E-state index is 11.9. The molecule has 2 N–H and O–H groups in total. The third-order valence-corrected chi connectivity index (χ3v) is 4.38. The Morgan fingerprint density at radius 3 is 2.33 bits per heavy atom. The second-order valence-corrected chi connectivity index (χ2v) is 6.42. The molecule has 0 bridgehead atoms. The van der Waals surface area contributed by atoms with Crippen molar-refractivity contribution in [1.29, 1.82) is 0 Å². The van der Waals surface area contributed by atoms with Gasteiger partial charge in [-0.15, -0.1) is 0 Å². The number of Topliss-reactive ketones (excluding diaryl/α,β-unsaturated/α-hetero) is 1. The number of nitrogens with one attached hydrogen (secondary N) is 2. The SMILES string of the molecule is CC[C@H](CNCCC(=O)CNC(=O)OCc1ccccc1)c1ccccc1. The molecule has 1 atom stereocenters. The van der Waals surface area contributed by atoms with Crippen molar-refractivity contribution in [3.05, 3.63) is 71.8 Å². The van der Waals surface area contributed by atoms with Crippen molar-refractivity contribution in [3.8, 4) is 0 Å². The van der Waals surface area contributed by atoms with Crippen LogP contribution in [0.1, 0.15) is 36.8 Å². The minimum Gasteiger partial charge on any atom is -0.445 e. The fraction of sp³-hybridized carbons (Fsp3) is 0.364. The smallest absolute Gasteiger partial charge is 0.407 e.